The molecule has 0 spiro atoms. The number of nitrogens with one attached hydrogen (secondary N) is 1. The van der Waals surface area contributed by atoms with Gasteiger partial charge in [0.05, 0.1) is 22.9 Å². The van der Waals surface area contributed by atoms with Crippen LogP contribution in [0.1, 0.15) is 11.1 Å². The number of benzene rings is 2. The van der Waals surface area contributed by atoms with E-state index in [4.69, 9.17) is 16.9 Å². The number of nitrogens with zero attached hydrogens (tertiary/aromatic N) is 1. The molecule has 0 saturated heterocycles. The molecule has 0 fully saturated rings. The lowest BCUT2D eigenvalue weighted by molar-refractivity contribution is -0.136. The SMILES string of the molecule is N#Cc1cc(F)cc(Nc2ccc(Cl)cc2C(F)(F)F)c1. The average Bonchev–Trinajstić information content (AvgIpc) is 2.39. The van der Waals surface area contributed by atoms with Gasteiger partial charge in [-0.3, -0.25) is 0 Å². The third kappa shape index (κ3) is 3.64. The molecule has 7 heteroatoms. The average molecular weight is 315 g/mol. The Morgan fingerprint density at radius 3 is 2.43 bits per heavy atom. The van der Waals surface area contributed by atoms with Crippen molar-refractivity contribution in [2.75, 3.05) is 5.32 Å². The Bertz CT molecular complexity index is 720. The third-order valence-corrected chi connectivity index (χ3v) is 2.83. The zero-order chi connectivity index (χ0) is 15.6. The molecule has 0 amide bonds. The largest absolute Gasteiger partial charge is 0.418 e. The first-order valence-electron chi connectivity index (χ1n) is 5.64. The van der Waals surface area contributed by atoms with Crippen LogP contribution in [0.5, 0.6) is 0 Å². The normalized spacial score (nSPS) is 11.0. The van der Waals surface area contributed by atoms with Crippen molar-refractivity contribution in [1.29, 1.82) is 5.26 Å². The molecule has 0 saturated carbocycles. The van der Waals surface area contributed by atoms with Gasteiger partial charge in [-0.05, 0) is 36.4 Å². The maximum absolute atomic E-state index is 13.3. The van der Waals surface area contributed by atoms with Gasteiger partial charge >= 0.3 is 6.18 Å². The van der Waals surface area contributed by atoms with Crippen LogP contribution in [0.3, 0.4) is 0 Å². The molecule has 0 radical (unpaired) electrons. The number of hydrogen-bond acceptors (Lipinski definition) is 2. The number of anilines is 2. The molecule has 0 aliphatic heterocycles. The first kappa shape index (κ1) is 15.1. The summed E-state index contributed by atoms with van der Waals surface area (Å²) in [6.07, 6.45) is -4.61. The van der Waals surface area contributed by atoms with Crippen LogP contribution in [-0.4, -0.2) is 0 Å². The van der Waals surface area contributed by atoms with Crippen LogP contribution < -0.4 is 5.32 Å². The number of hydrogen-bond donors (Lipinski definition) is 1. The molecule has 0 aliphatic carbocycles. The summed E-state index contributed by atoms with van der Waals surface area (Å²) in [7, 11) is 0. The van der Waals surface area contributed by atoms with Gasteiger partial charge in [0.15, 0.2) is 0 Å². The van der Waals surface area contributed by atoms with Crippen molar-refractivity contribution in [3.63, 3.8) is 0 Å². The molecule has 0 aromatic heterocycles. The summed E-state index contributed by atoms with van der Waals surface area (Å²) >= 11 is 5.57. The minimum Gasteiger partial charge on any atom is -0.355 e. The zero-order valence-corrected chi connectivity index (χ0v) is 11.1. The van der Waals surface area contributed by atoms with Gasteiger partial charge in [-0.15, -0.1) is 0 Å². The number of nitriles is 1. The van der Waals surface area contributed by atoms with Crippen LogP contribution in [0.4, 0.5) is 28.9 Å². The van der Waals surface area contributed by atoms with Crippen molar-refractivity contribution >= 4 is 23.0 Å². The summed E-state index contributed by atoms with van der Waals surface area (Å²) in [6.45, 7) is 0. The van der Waals surface area contributed by atoms with Gasteiger partial charge in [0.25, 0.3) is 0 Å². The quantitative estimate of drug-likeness (QED) is 0.782. The Labute approximate surface area is 122 Å². The van der Waals surface area contributed by atoms with Gasteiger partial charge in [0, 0.05) is 10.7 Å². The Kier molecular flexibility index (Phi) is 4.05. The van der Waals surface area contributed by atoms with Crippen molar-refractivity contribution in [3.8, 4) is 6.07 Å². The molecular formula is C14H7ClF4N2. The molecule has 0 atom stereocenters. The summed E-state index contributed by atoms with van der Waals surface area (Å²) in [5, 5.41) is 11.1. The maximum Gasteiger partial charge on any atom is 0.418 e. The standard InChI is InChI=1S/C14H7ClF4N2/c15-9-1-2-13(12(5-9)14(17,18)19)21-11-4-8(7-20)3-10(16)6-11/h1-6,21H. The van der Waals surface area contributed by atoms with E-state index in [1.54, 1.807) is 6.07 Å². The van der Waals surface area contributed by atoms with Gasteiger partial charge in [0.2, 0.25) is 0 Å². The Morgan fingerprint density at radius 1 is 1.10 bits per heavy atom. The van der Waals surface area contributed by atoms with E-state index in [-0.39, 0.29) is 22.0 Å². The minimum absolute atomic E-state index is 0.0000206. The fraction of sp³-hybridized carbons (Fsp3) is 0.0714. The molecule has 21 heavy (non-hydrogen) atoms. The molecule has 0 heterocycles. The van der Waals surface area contributed by atoms with E-state index in [2.05, 4.69) is 5.32 Å². The minimum atomic E-state index is -4.61. The summed E-state index contributed by atoms with van der Waals surface area (Å²) in [5.41, 5.74) is -1.21. The molecule has 0 unspecified atom stereocenters. The van der Waals surface area contributed by atoms with E-state index in [9.17, 15) is 17.6 Å². The van der Waals surface area contributed by atoms with E-state index in [1.807, 2.05) is 0 Å². The molecule has 2 aromatic rings. The first-order chi connectivity index (χ1) is 9.79. The maximum atomic E-state index is 13.3. The van der Waals surface area contributed by atoms with Crippen LogP contribution in [0.2, 0.25) is 5.02 Å². The lowest BCUT2D eigenvalue weighted by Gasteiger charge is -2.15. The van der Waals surface area contributed by atoms with Crippen LogP contribution in [0.15, 0.2) is 36.4 Å². The lowest BCUT2D eigenvalue weighted by Crippen LogP contribution is -2.09. The lowest BCUT2D eigenvalue weighted by atomic mass is 10.1. The second-order valence-corrected chi connectivity index (χ2v) is 4.59. The van der Waals surface area contributed by atoms with E-state index >= 15 is 0 Å². The Morgan fingerprint density at radius 2 is 1.81 bits per heavy atom. The van der Waals surface area contributed by atoms with Gasteiger partial charge in [0.1, 0.15) is 5.82 Å². The van der Waals surface area contributed by atoms with Crippen LogP contribution in [0.25, 0.3) is 0 Å². The molecule has 2 rings (SSSR count). The Balaban J connectivity index is 2.45. The predicted molar refractivity (Wildman–Crippen MR) is 70.9 cm³/mol. The first-order valence-corrected chi connectivity index (χ1v) is 6.02. The van der Waals surface area contributed by atoms with Crippen molar-refractivity contribution in [2.24, 2.45) is 0 Å². The predicted octanol–water partition coefficient (Wildman–Crippen LogP) is 5.11. The Hall–Kier alpha value is -2.26. The highest BCUT2D eigenvalue weighted by molar-refractivity contribution is 6.30. The molecular weight excluding hydrogens is 308 g/mol. The summed E-state index contributed by atoms with van der Waals surface area (Å²) < 4.78 is 52.1. The monoisotopic (exact) mass is 314 g/mol. The van der Waals surface area contributed by atoms with E-state index in [0.717, 1.165) is 24.3 Å². The molecule has 108 valence electrons. The van der Waals surface area contributed by atoms with Gasteiger partial charge in [-0.2, -0.15) is 18.4 Å². The fourth-order valence-corrected chi connectivity index (χ4v) is 1.91. The van der Waals surface area contributed by atoms with E-state index < -0.39 is 17.6 Å². The highest BCUT2D eigenvalue weighted by Crippen LogP contribution is 2.37. The molecule has 0 bridgehead atoms. The van der Waals surface area contributed by atoms with Gasteiger partial charge in [-0.25, -0.2) is 4.39 Å². The highest BCUT2D eigenvalue weighted by atomic mass is 35.5. The molecule has 2 nitrogen and oxygen atoms in total. The molecule has 2 aromatic carbocycles. The van der Waals surface area contributed by atoms with Crippen molar-refractivity contribution in [3.05, 3.63) is 58.4 Å². The van der Waals surface area contributed by atoms with Crippen LogP contribution in [0, 0.1) is 17.1 Å². The topological polar surface area (TPSA) is 35.8 Å². The second-order valence-electron chi connectivity index (χ2n) is 4.15. The fourth-order valence-electron chi connectivity index (χ4n) is 1.74. The third-order valence-electron chi connectivity index (χ3n) is 2.59. The van der Waals surface area contributed by atoms with E-state index in [0.29, 0.717) is 0 Å². The summed E-state index contributed by atoms with van der Waals surface area (Å²) in [6, 6.07) is 8.15. The van der Waals surface area contributed by atoms with Crippen LogP contribution >= 0.6 is 11.6 Å². The highest BCUT2D eigenvalue weighted by Gasteiger charge is 2.33. The smallest absolute Gasteiger partial charge is 0.355 e. The van der Waals surface area contributed by atoms with Crippen molar-refractivity contribution < 1.29 is 17.6 Å². The van der Waals surface area contributed by atoms with Crippen LogP contribution in [-0.2, 0) is 6.18 Å². The summed E-state index contributed by atoms with van der Waals surface area (Å²) in [5.74, 6) is -0.723. The molecule has 1 N–H and O–H groups in total. The van der Waals surface area contributed by atoms with Gasteiger partial charge in [-0.1, -0.05) is 11.6 Å². The van der Waals surface area contributed by atoms with Crippen molar-refractivity contribution in [1.82, 2.24) is 0 Å². The summed E-state index contributed by atoms with van der Waals surface area (Å²) in [4.78, 5) is 0. The number of alkyl halides is 3. The van der Waals surface area contributed by atoms with Gasteiger partial charge < -0.3 is 5.32 Å². The molecule has 0 aliphatic rings. The van der Waals surface area contributed by atoms with Crippen molar-refractivity contribution in [2.45, 2.75) is 6.18 Å². The second kappa shape index (κ2) is 5.62. The van der Waals surface area contributed by atoms with E-state index in [1.165, 1.54) is 12.1 Å². The zero-order valence-electron chi connectivity index (χ0n) is 10.3. The number of halogens is 5. The number of rotatable bonds is 2.